The Kier molecular flexibility index (Phi) is 5.18. The molecule has 1 nitrogen and oxygen atoms in total. The van der Waals surface area contributed by atoms with Crippen LogP contribution >= 0.6 is 0 Å². The lowest BCUT2D eigenvalue weighted by molar-refractivity contribution is 0.332. The molecule has 1 fully saturated rings. The first kappa shape index (κ1) is 13.5. The molecule has 0 saturated heterocycles. The van der Waals surface area contributed by atoms with Crippen molar-refractivity contribution in [3.63, 3.8) is 0 Å². The minimum absolute atomic E-state index is 0.122. The summed E-state index contributed by atoms with van der Waals surface area (Å²) in [5, 5.41) is 3.45. The molecular weight excluding hydrogens is 225 g/mol. The highest BCUT2D eigenvalue weighted by Crippen LogP contribution is 2.27. The van der Waals surface area contributed by atoms with E-state index in [4.69, 9.17) is 0 Å². The summed E-state index contributed by atoms with van der Waals surface area (Å²) in [5.41, 5.74) is 1.11. The zero-order valence-corrected chi connectivity index (χ0v) is 11.3. The molecule has 0 heterocycles. The first-order valence-corrected chi connectivity index (χ1v) is 7.21. The van der Waals surface area contributed by atoms with Crippen LogP contribution in [0.4, 0.5) is 4.39 Å². The fourth-order valence-electron chi connectivity index (χ4n) is 3.14. The van der Waals surface area contributed by atoms with E-state index in [1.807, 2.05) is 19.2 Å². The van der Waals surface area contributed by atoms with Gasteiger partial charge >= 0.3 is 0 Å². The fourth-order valence-corrected chi connectivity index (χ4v) is 3.14. The highest BCUT2D eigenvalue weighted by Gasteiger charge is 2.21. The van der Waals surface area contributed by atoms with Gasteiger partial charge in [-0.15, -0.1) is 0 Å². The van der Waals surface area contributed by atoms with Gasteiger partial charge in [0.25, 0.3) is 0 Å². The number of hydrogen-bond acceptors (Lipinski definition) is 1. The van der Waals surface area contributed by atoms with Gasteiger partial charge in [-0.3, -0.25) is 0 Å². The van der Waals surface area contributed by atoms with Gasteiger partial charge < -0.3 is 5.32 Å². The van der Waals surface area contributed by atoms with Crippen molar-refractivity contribution < 1.29 is 4.39 Å². The van der Waals surface area contributed by atoms with Crippen LogP contribution in [0, 0.1) is 11.7 Å². The topological polar surface area (TPSA) is 12.0 Å². The molecule has 2 rings (SSSR count). The van der Waals surface area contributed by atoms with Crippen LogP contribution in [0.5, 0.6) is 0 Å². The average molecular weight is 249 g/mol. The predicted octanol–water partition coefficient (Wildman–Crippen LogP) is 3.93. The third kappa shape index (κ3) is 3.81. The van der Waals surface area contributed by atoms with Gasteiger partial charge in [-0.05, 0) is 49.9 Å². The quantitative estimate of drug-likeness (QED) is 0.797. The van der Waals surface area contributed by atoms with E-state index in [0.29, 0.717) is 6.04 Å². The maximum absolute atomic E-state index is 13.2. The molecular formula is C16H24FN. The zero-order valence-electron chi connectivity index (χ0n) is 11.3. The Morgan fingerprint density at radius 1 is 1.22 bits per heavy atom. The van der Waals surface area contributed by atoms with Gasteiger partial charge in [-0.2, -0.15) is 0 Å². The van der Waals surface area contributed by atoms with Crippen molar-refractivity contribution in [1.82, 2.24) is 5.32 Å². The molecule has 0 spiro atoms. The molecule has 1 aromatic carbocycles. The molecule has 0 bridgehead atoms. The summed E-state index contributed by atoms with van der Waals surface area (Å²) in [5.74, 6) is 0.629. The summed E-state index contributed by atoms with van der Waals surface area (Å²) >= 11 is 0. The molecule has 2 heteroatoms. The summed E-state index contributed by atoms with van der Waals surface area (Å²) < 4.78 is 13.2. The van der Waals surface area contributed by atoms with E-state index in [2.05, 4.69) is 5.32 Å². The molecule has 100 valence electrons. The van der Waals surface area contributed by atoms with Crippen LogP contribution in [0.3, 0.4) is 0 Å². The lowest BCUT2D eigenvalue weighted by atomic mass is 9.88. The highest BCUT2D eigenvalue weighted by molar-refractivity contribution is 5.17. The summed E-state index contributed by atoms with van der Waals surface area (Å²) in [4.78, 5) is 0. The smallest absolute Gasteiger partial charge is 0.123 e. The van der Waals surface area contributed by atoms with Crippen LogP contribution in [-0.2, 0) is 6.42 Å². The zero-order chi connectivity index (χ0) is 12.8. The Hall–Kier alpha value is -0.890. The van der Waals surface area contributed by atoms with Gasteiger partial charge in [0, 0.05) is 6.04 Å². The van der Waals surface area contributed by atoms with Gasteiger partial charge in [0.1, 0.15) is 5.82 Å². The van der Waals surface area contributed by atoms with Crippen LogP contribution in [0.1, 0.15) is 44.1 Å². The van der Waals surface area contributed by atoms with Crippen molar-refractivity contribution in [2.24, 2.45) is 5.92 Å². The van der Waals surface area contributed by atoms with Crippen LogP contribution in [0.15, 0.2) is 24.3 Å². The number of likely N-dealkylation sites (N-methyl/N-ethyl adjacent to an activating group) is 1. The Bertz CT molecular complexity index is 356. The van der Waals surface area contributed by atoms with E-state index >= 15 is 0 Å². The van der Waals surface area contributed by atoms with Crippen molar-refractivity contribution in [1.29, 1.82) is 0 Å². The van der Waals surface area contributed by atoms with Crippen molar-refractivity contribution in [2.45, 2.75) is 51.0 Å². The van der Waals surface area contributed by atoms with Crippen molar-refractivity contribution in [2.75, 3.05) is 7.05 Å². The van der Waals surface area contributed by atoms with E-state index in [9.17, 15) is 4.39 Å². The number of benzene rings is 1. The summed E-state index contributed by atoms with van der Waals surface area (Å²) in [6.07, 6.45) is 9.05. The SMILES string of the molecule is CNC(Cc1cccc(F)c1)C1CCCCCC1. The van der Waals surface area contributed by atoms with Crippen LogP contribution in [0.25, 0.3) is 0 Å². The lowest BCUT2D eigenvalue weighted by Crippen LogP contribution is -2.35. The fraction of sp³-hybridized carbons (Fsp3) is 0.625. The molecule has 1 aromatic rings. The predicted molar refractivity (Wildman–Crippen MR) is 74.1 cm³/mol. The monoisotopic (exact) mass is 249 g/mol. The van der Waals surface area contributed by atoms with E-state index in [1.54, 1.807) is 6.07 Å². The van der Waals surface area contributed by atoms with Crippen molar-refractivity contribution in [3.05, 3.63) is 35.6 Å². The third-order valence-corrected chi connectivity index (χ3v) is 4.18. The van der Waals surface area contributed by atoms with E-state index in [0.717, 1.165) is 17.9 Å². The molecule has 1 N–H and O–H groups in total. The minimum atomic E-state index is -0.122. The Morgan fingerprint density at radius 3 is 2.56 bits per heavy atom. The number of rotatable bonds is 4. The van der Waals surface area contributed by atoms with E-state index in [1.165, 1.54) is 44.6 Å². The number of hydrogen-bond donors (Lipinski definition) is 1. The van der Waals surface area contributed by atoms with Gasteiger partial charge in [0.15, 0.2) is 0 Å². The molecule has 1 aliphatic rings. The van der Waals surface area contributed by atoms with E-state index < -0.39 is 0 Å². The molecule has 18 heavy (non-hydrogen) atoms. The Labute approximate surface area is 110 Å². The lowest BCUT2D eigenvalue weighted by Gasteiger charge is -2.26. The molecule has 1 saturated carbocycles. The van der Waals surface area contributed by atoms with Gasteiger partial charge in [-0.1, -0.05) is 37.8 Å². The number of halogens is 1. The second-order valence-corrected chi connectivity index (χ2v) is 5.48. The molecule has 1 aliphatic carbocycles. The first-order valence-electron chi connectivity index (χ1n) is 7.21. The normalized spacial score (nSPS) is 19.4. The Morgan fingerprint density at radius 2 is 1.94 bits per heavy atom. The second kappa shape index (κ2) is 6.89. The molecule has 0 amide bonds. The van der Waals surface area contributed by atoms with E-state index in [-0.39, 0.29) is 5.82 Å². The van der Waals surface area contributed by atoms with Gasteiger partial charge in [-0.25, -0.2) is 4.39 Å². The maximum Gasteiger partial charge on any atom is 0.123 e. The third-order valence-electron chi connectivity index (χ3n) is 4.18. The molecule has 0 radical (unpaired) electrons. The Balaban J connectivity index is 1.99. The van der Waals surface area contributed by atoms with Crippen molar-refractivity contribution in [3.8, 4) is 0 Å². The maximum atomic E-state index is 13.2. The standard InChI is InChI=1S/C16H24FN/c1-18-16(14-8-4-2-3-5-9-14)12-13-7-6-10-15(17)11-13/h6-7,10-11,14,16,18H,2-5,8-9,12H2,1H3. The first-order chi connectivity index (χ1) is 8.79. The van der Waals surface area contributed by atoms with Crippen LogP contribution in [-0.4, -0.2) is 13.1 Å². The second-order valence-electron chi connectivity index (χ2n) is 5.48. The molecule has 0 aromatic heterocycles. The minimum Gasteiger partial charge on any atom is -0.316 e. The largest absolute Gasteiger partial charge is 0.316 e. The molecule has 0 aliphatic heterocycles. The summed E-state index contributed by atoms with van der Waals surface area (Å²) in [6.45, 7) is 0. The summed E-state index contributed by atoms with van der Waals surface area (Å²) in [6, 6.07) is 7.52. The number of nitrogens with one attached hydrogen (secondary N) is 1. The van der Waals surface area contributed by atoms with Crippen LogP contribution < -0.4 is 5.32 Å². The van der Waals surface area contributed by atoms with Crippen molar-refractivity contribution >= 4 is 0 Å². The highest BCUT2D eigenvalue weighted by atomic mass is 19.1. The molecule has 1 atom stereocenters. The van der Waals surface area contributed by atoms with Crippen LogP contribution in [0.2, 0.25) is 0 Å². The van der Waals surface area contributed by atoms with Gasteiger partial charge in [0.05, 0.1) is 0 Å². The summed E-state index contributed by atoms with van der Waals surface area (Å²) in [7, 11) is 2.04. The van der Waals surface area contributed by atoms with Gasteiger partial charge in [0.2, 0.25) is 0 Å². The molecule has 1 unspecified atom stereocenters. The average Bonchev–Trinajstić information content (AvgIpc) is 2.65.